The van der Waals surface area contributed by atoms with Crippen LogP contribution in [-0.4, -0.2) is 9.97 Å². The van der Waals surface area contributed by atoms with Crippen molar-refractivity contribution in [3.05, 3.63) is 192 Å². The Kier molecular flexibility index (Phi) is 5.59. The molecule has 0 bridgehead atoms. The predicted molar refractivity (Wildman–Crippen MR) is 203 cm³/mol. The molecule has 9 aromatic rings. The molecule has 1 spiro atoms. The topological polar surface area (TPSA) is 35.0 Å². The highest BCUT2D eigenvalue weighted by molar-refractivity contribution is 6.05. The maximum absolute atomic E-state index is 7.14. The van der Waals surface area contributed by atoms with Gasteiger partial charge < -0.3 is 4.74 Å². The largest absolute Gasteiger partial charge is 0.455 e. The zero-order valence-corrected chi connectivity index (χ0v) is 27.0. The van der Waals surface area contributed by atoms with Crippen LogP contribution in [0.3, 0.4) is 0 Å². The predicted octanol–water partition coefficient (Wildman–Crippen LogP) is 11.7. The van der Waals surface area contributed by atoms with Gasteiger partial charge in [0.25, 0.3) is 0 Å². The van der Waals surface area contributed by atoms with E-state index in [1.807, 2.05) is 18.2 Å². The summed E-state index contributed by atoms with van der Waals surface area (Å²) in [6.45, 7) is 0. The zero-order valence-electron chi connectivity index (χ0n) is 27.0. The quantitative estimate of drug-likeness (QED) is 0.189. The van der Waals surface area contributed by atoms with Crippen molar-refractivity contribution in [2.24, 2.45) is 0 Å². The number of rotatable bonds is 2. The summed E-state index contributed by atoms with van der Waals surface area (Å²) in [5.74, 6) is 2.55. The third-order valence-electron chi connectivity index (χ3n) is 10.7. The molecule has 2 aliphatic rings. The van der Waals surface area contributed by atoms with Crippen LogP contribution in [0.25, 0.3) is 66.2 Å². The molecule has 0 N–H and O–H groups in total. The Morgan fingerprint density at radius 1 is 0.400 bits per heavy atom. The summed E-state index contributed by atoms with van der Waals surface area (Å²) >= 11 is 0. The highest BCUT2D eigenvalue weighted by Gasteiger charge is 2.52. The minimum absolute atomic E-state index is 0.621. The van der Waals surface area contributed by atoms with E-state index in [-0.39, 0.29) is 0 Å². The van der Waals surface area contributed by atoms with E-state index in [2.05, 4.69) is 152 Å². The SMILES string of the molecule is c1ccc(-c2nc(-c3cccc4c3-c3ccccc3C43c4ccc5ccccc5c4Oc4c3ccc3ccccc43)c3ccccc3n2)cc1. The first-order valence-electron chi connectivity index (χ1n) is 17.1. The lowest BCUT2D eigenvalue weighted by Crippen LogP contribution is -2.32. The smallest absolute Gasteiger partial charge is 0.160 e. The lowest BCUT2D eigenvalue weighted by atomic mass is 9.65. The maximum atomic E-state index is 7.14. The van der Waals surface area contributed by atoms with E-state index in [1.54, 1.807) is 0 Å². The van der Waals surface area contributed by atoms with Crippen LogP contribution < -0.4 is 4.74 Å². The molecule has 0 saturated heterocycles. The van der Waals surface area contributed by atoms with Crippen LogP contribution in [-0.2, 0) is 5.41 Å². The fraction of sp³-hybridized carbons (Fsp3) is 0.0213. The van der Waals surface area contributed by atoms with Gasteiger partial charge >= 0.3 is 0 Å². The molecule has 3 nitrogen and oxygen atoms in total. The number of nitrogens with zero attached hydrogens (tertiary/aromatic N) is 2. The third kappa shape index (κ3) is 3.58. The van der Waals surface area contributed by atoms with Crippen molar-refractivity contribution in [2.75, 3.05) is 0 Å². The lowest BCUT2D eigenvalue weighted by Gasteiger charge is -2.40. The normalized spacial score (nSPS) is 13.5. The molecule has 0 unspecified atom stereocenters. The number of para-hydroxylation sites is 1. The van der Waals surface area contributed by atoms with Crippen molar-refractivity contribution in [2.45, 2.75) is 5.41 Å². The average Bonchev–Trinajstić information content (AvgIpc) is 3.48. The number of ether oxygens (including phenoxy) is 1. The summed E-state index contributed by atoms with van der Waals surface area (Å²) in [4.78, 5) is 10.4. The molecule has 1 aromatic heterocycles. The first kappa shape index (κ1) is 27.4. The summed E-state index contributed by atoms with van der Waals surface area (Å²) in [5.41, 5.74) is 10.5. The summed E-state index contributed by atoms with van der Waals surface area (Å²) < 4.78 is 7.14. The number of hydrogen-bond acceptors (Lipinski definition) is 3. The Bertz CT molecular complexity index is 2770. The molecule has 3 heteroatoms. The molecule has 0 radical (unpaired) electrons. The van der Waals surface area contributed by atoms with Gasteiger partial charge in [0.15, 0.2) is 5.82 Å². The molecule has 1 aliphatic heterocycles. The van der Waals surface area contributed by atoms with E-state index in [9.17, 15) is 0 Å². The number of aromatic nitrogens is 2. The zero-order chi connectivity index (χ0) is 32.8. The maximum Gasteiger partial charge on any atom is 0.160 e. The van der Waals surface area contributed by atoms with E-state index in [0.29, 0.717) is 0 Å². The van der Waals surface area contributed by atoms with Crippen LogP contribution in [0.2, 0.25) is 0 Å². The van der Waals surface area contributed by atoms with Gasteiger partial charge in [0.05, 0.1) is 16.6 Å². The van der Waals surface area contributed by atoms with E-state index < -0.39 is 5.41 Å². The molecule has 232 valence electrons. The fourth-order valence-corrected chi connectivity index (χ4v) is 8.65. The van der Waals surface area contributed by atoms with Crippen LogP contribution in [0.5, 0.6) is 11.5 Å². The summed E-state index contributed by atoms with van der Waals surface area (Å²) in [5, 5.41) is 5.57. The average molecular weight is 637 g/mol. The van der Waals surface area contributed by atoms with E-state index >= 15 is 0 Å². The van der Waals surface area contributed by atoms with Gasteiger partial charge in [0, 0.05) is 38.4 Å². The second-order valence-electron chi connectivity index (χ2n) is 13.2. The Morgan fingerprint density at radius 2 is 0.980 bits per heavy atom. The molecule has 50 heavy (non-hydrogen) atoms. The van der Waals surface area contributed by atoms with Crippen LogP contribution in [0.15, 0.2) is 170 Å². The van der Waals surface area contributed by atoms with Gasteiger partial charge in [-0.25, -0.2) is 9.97 Å². The van der Waals surface area contributed by atoms with Crippen LogP contribution in [0.1, 0.15) is 22.3 Å². The van der Waals surface area contributed by atoms with Crippen LogP contribution in [0.4, 0.5) is 0 Å². The van der Waals surface area contributed by atoms with Gasteiger partial charge in [0.2, 0.25) is 0 Å². The Balaban J connectivity index is 1.30. The van der Waals surface area contributed by atoms with Crippen molar-refractivity contribution >= 4 is 32.4 Å². The van der Waals surface area contributed by atoms with Gasteiger partial charge in [0.1, 0.15) is 11.5 Å². The van der Waals surface area contributed by atoms with Crippen molar-refractivity contribution in [1.29, 1.82) is 0 Å². The number of fused-ring (bicyclic) bond motifs is 14. The molecule has 11 rings (SSSR count). The summed E-state index contributed by atoms with van der Waals surface area (Å²) in [7, 11) is 0. The van der Waals surface area contributed by atoms with E-state index in [0.717, 1.165) is 77.7 Å². The second-order valence-corrected chi connectivity index (χ2v) is 13.2. The minimum atomic E-state index is -0.621. The Morgan fingerprint density at radius 3 is 1.72 bits per heavy atom. The standard InChI is InChI=1S/C47H28N2O/c1-2-15-31(16-3-1)46-48-41-24-11-9-20-35(41)43(49-46)36-21-12-23-38-42(36)34-19-8-10-22-37(34)47(38)39-27-25-29-13-4-6-17-32(29)44(39)50-45-33-18-7-5-14-30(33)26-28-40(45)47/h1-28H. The Hall–Kier alpha value is -6.58. The van der Waals surface area contributed by atoms with E-state index in [1.165, 1.54) is 22.3 Å². The summed E-state index contributed by atoms with van der Waals surface area (Å²) in [6, 6.07) is 60.6. The molecular weight excluding hydrogens is 609 g/mol. The lowest BCUT2D eigenvalue weighted by molar-refractivity contribution is 0.447. The van der Waals surface area contributed by atoms with Gasteiger partial charge in [-0.1, -0.05) is 164 Å². The monoisotopic (exact) mass is 636 g/mol. The van der Waals surface area contributed by atoms with Crippen LogP contribution >= 0.6 is 0 Å². The number of hydrogen-bond donors (Lipinski definition) is 0. The number of benzene rings is 8. The van der Waals surface area contributed by atoms with Gasteiger partial charge in [-0.05, 0) is 39.1 Å². The van der Waals surface area contributed by atoms with Gasteiger partial charge in [-0.3, -0.25) is 0 Å². The molecule has 8 aromatic carbocycles. The van der Waals surface area contributed by atoms with Crippen molar-refractivity contribution in [1.82, 2.24) is 9.97 Å². The van der Waals surface area contributed by atoms with E-state index in [4.69, 9.17) is 14.7 Å². The van der Waals surface area contributed by atoms with Crippen molar-refractivity contribution < 1.29 is 4.74 Å². The van der Waals surface area contributed by atoms with Crippen molar-refractivity contribution in [3.63, 3.8) is 0 Å². The minimum Gasteiger partial charge on any atom is -0.455 e. The molecule has 0 fully saturated rings. The van der Waals surface area contributed by atoms with Gasteiger partial charge in [-0.2, -0.15) is 0 Å². The Labute approximate surface area is 289 Å². The summed E-state index contributed by atoms with van der Waals surface area (Å²) in [6.07, 6.45) is 0. The molecule has 0 amide bonds. The fourth-order valence-electron chi connectivity index (χ4n) is 8.65. The molecule has 0 saturated carbocycles. The second kappa shape index (κ2) is 10.2. The first-order chi connectivity index (χ1) is 24.8. The van der Waals surface area contributed by atoms with Gasteiger partial charge in [-0.15, -0.1) is 0 Å². The highest BCUT2D eigenvalue weighted by atomic mass is 16.5. The first-order valence-corrected chi connectivity index (χ1v) is 17.1. The molecule has 2 heterocycles. The highest BCUT2D eigenvalue weighted by Crippen LogP contribution is 2.65. The molecular formula is C47H28N2O. The third-order valence-corrected chi connectivity index (χ3v) is 10.7. The molecule has 1 aliphatic carbocycles. The molecule has 0 atom stereocenters. The van der Waals surface area contributed by atoms with Crippen molar-refractivity contribution in [3.8, 4) is 45.3 Å². The van der Waals surface area contributed by atoms with Crippen LogP contribution in [0, 0.1) is 0 Å².